The Bertz CT molecular complexity index is 905. The third-order valence-electron chi connectivity index (χ3n) is 3.02. The number of hydrogen-bond donors (Lipinski definition) is 5. The number of aromatic nitrogens is 2. The van der Waals surface area contributed by atoms with Crippen LogP contribution in [0.2, 0.25) is 10.0 Å². The van der Waals surface area contributed by atoms with E-state index in [0.717, 1.165) is 5.56 Å². The van der Waals surface area contributed by atoms with Crippen molar-refractivity contribution in [3.8, 4) is 0 Å². The van der Waals surface area contributed by atoms with Crippen molar-refractivity contribution < 1.29 is 9.53 Å². The molecule has 1 heterocycles. The number of carbonyl (C=O) groups excluding carboxylic acids is 1. The van der Waals surface area contributed by atoms with Crippen molar-refractivity contribution in [3.63, 3.8) is 0 Å². The Balaban J connectivity index is 2.21. The van der Waals surface area contributed by atoms with Crippen molar-refractivity contribution in [1.29, 1.82) is 0 Å². The molecule has 0 aliphatic heterocycles. The molecule has 6 N–H and O–H groups in total. The van der Waals surface area contributed by atoms with Gasteiger partial charge in [0.1, 0.15) is 5.69 Å². The Hall–Kier alpha value is -2.56. The van der Waals surface area contributed by atoms with Gasteiger partial charge in [-0.05, 0) is 29.9 Å². The maximum Gasteiger partial charge on any atom is 0.413 e. The third kappa shape index (κ3) is 5.22. The number of hydrogen-bond acceptors (Lipinski definition) is 7. The summed E-state index contributed by atoms with van der Waals surface area (Å²) in [4.78, 5) is 29.7. The molecule has 2 rings (SSSR count). The number of H-pyrrole nitrogens is 1. The maximum absolute atomic E-state index is 12.1. The molecule has 26 heavy (non-hydrogen) atoms. The number of methoxy groups -OCH3 is 1. The van der Waals surface area contributed by atoms with Gasteiger partial charge in [0.2, 0.25) is 5.95 Å². The van der Waals surface area contributed by atoms with Gasteiger partial charge in [0.05, 0.1) is 17.2 Å². The average Bonchev–Trinajstić information content (AvgIpc) is 2.58. The molecule has 0 spiro atoms. The molecule has 138 valence electrons. The first-order valence-electron chi connectivity index (χ1n) is 7.03. The lowest BCUT2D eigenvalue weighted by molar-refractivity contribution is 0.177. The first kappa shape index (κ1) is 19.8. The van der Waals surface area contributed by atoms with E-state index >= 15 is 0 Å². The lowest BCUT2D eigenvalue weighted by Gasteiger charge is -2.13. The zero-order valence-electron chi connectivity index (χ0n) is 13.4. The SMILES string of the molecule is COC(=O)NC(=S)Nc1c(NCc2ccc(Cl)c(Cl)c2)nc(N)[nH]c1=O. The van der Waals surface area contributed by atoms with E-state index in [4.69, 9.17) is 41.2 Å². The number of halogens is 2. The first-order valence-corrected chi connectivity index (χ1v) is 8.20. The molecule has 0 atom stereocenters. The van der Waals surface area contributed by atoms with Crippen molar-refractivity contribution >= 4 is 64.1 Å². The predicted octanol–water partition coefficient (Wildman–Crippen LogP) is 2.32. The summed E-state index contributed by atoms with van der Waals surface area (Å²) in [5, 5.41) is 8.42. The van der Waals surface area contributed by atoms with Crippen LogP contribution in [0.4, 0.5) is 22.2 Å². The fourth-order valence-electron chi connectivity index (χ4n) is 1.86. The summed E-state index contributed by atoms with van der Waals surface area (Å²) in [5.74, 6) is 0.0374. The smallest absolute Gasteiger partial charge is 0.413 e. The van der Waals surface area contributed by atoms with Crippen molar-refractivity contribution in [2.45, 2.75) is 6.54 Å². The number of nitrogens with one attached hydrogen (secondary N) is 4. The summed E-state index contributed by atoms with van der Waals surface area (Å²) in [6, 6.07) is 5.08. The average molecular weight is 417 g/mol. The van der Waals surface area contributed by atoms with E-state index in [2.05, 4.69) is 30.7 Å². The number of anilines is 3. The molecule has 0 aliphatic rings. The van der Waals surface area contributed by atoms with Gasteiger partial charge in [0.25, 0.3) is 5.56 Å². The van der Waals surface area contributed by atoms with E-state index in [9.17, 15) is 9.59 Å². The van der Waals surface area contributed by atoms with Gasteiger partial charge in [0, 0.05) is 6.54 Å². The molecule has 1 amide bonds. The van der Waals surface area contributed by atoms with Gasteiger partial charge >= 0.3 is 6.09 Å². The number of nitrogen functional groups attached to an aromatic ring is 1. The molecule has 0 fully saturated rings. The minimum Gasteiger partial charge on any atom is -0.453 e. The van der Waals surface area contributed by atoms with Gasteiger partial charge in [0.15, 0.2) is 10.9 Å². The molecule has 0 saturated carbocycles. The monoisotopic (exact) mass is 416 g/mol. The van der Waals surface area contributed by atoms with Crippen LogP contribution in [0.3, 0.4) is 0 Å². The van der Waals surface area contributed by atoms with Crippen LogP contribution < -0.4 is 27.2 Å². The number of amides is 1. The van der Waals surface area contributed by atoms with E-state index in [-0.39, 0.29) is 29.1 Å². The molecule has 0 aliphatic carbocycles. The number of nitrogens with zero attached hydrogens (tertiary/aromatic N) is 1. The van der Waals surface area contributed by atoms with E-state index in [1.54, 1.807) is 18.2 Å². The number of aromatic amines is 1. The molecule has 2 aromatic rings. The fourth-order valence-corrected chi connectivity index (χ4v) is 2.36. The highest BCUT2D eigenvalue weighted by atomic mass is 35.5. The van der Waals surface area contributed by atoms with E-state index in [0.29, 0.717) is 10.0 Å². The Labute approximate surface area is 163 Å². The van der Waals surface area contributed by atoms with Crippen molar-refractivity contribution in [1.82, 2.24) is 15.3 Å². The second kappa shape index (κ2) is 8.70. The van der Waals surface area contributed by atoms with Crippen molar-refractivity contribution in [2.75, 3.05) is 23.5 Å². The fraction of sp³-hybridized carbons (Fsp3) is 0.143. The lowest BCUT2D eigenvalue weighted by atomic mass is 10.2. The minimum atomic E-state index is -0.785. The predicted molar refractivity (Wildman–Crippen MR) is 105 cm³/mol. The zero-order valence-corrected chi connectivity index (χ0v) is 15.7. The number of ether oxygens (including phenoxy) is 1. The highest BCUT2D eigenvalue weighted by Gasteiger charge is 2.14. The number of carbonyl (C=O) groups is 1. The molecule has 0 unspecified atom stereocenters. The topological polar surface area (TPSA) is 134 Å². The molecule has 9 nitrogen and oxygen atoms in total. The molecule has 1 aromatic carbocycles. The van der Waals surface area contributed by atoms with Crippen LogP contribution in [-0.4, -0.2) is 28.3 Å². The number of alkyl carbamates (subject to hydrolysis) is 1. The van der Waals surface area contributed by atoms with Gasteiger partial charge in [-0.3, -0.25) is 15.1 Å². The standard InChI is InChI=1S/C14H14Cl2N6O3S/c1-25-14(24)22-13(26)19-9-10(20-12(17)21-11(9)23)18-5-6-2-3-7(15)8(16)4-6/h2-4H,5H2,1H3,(H2,19,22,24,26)(H4,17,18,20,21,23). The zero-order chi connectivity index (χ0) is 19.3. The summed E-state index contributed by atoms with van der Waals surface area (Å²) in [6.07, 6.45) is -0.785. The summed E-state index contributed by atoms with van der Waals surface area (Å²) in [5.41, 5.74) is 5.76. The second-order valence-electron chi connectivity index (χ2n) is 4.85. The van der Waals surface area contributed by atoms with Crippen molar-refractivity contribution in [3.05, 3.63) is 44.2 Å². The Morgan fingerprint density at radius 3 is 2.77 bits per heavy atom. The van der Waals surface area contributed by atoms with E-state index in [1.807, 2.05) is 0 Å². The molecule has 0 radical (unpaired) electrons. The lowest BCUT2D eigenvalue weighted by Crippen LogP contribution is -2.36. The maximum atomic E-state index is 12.1. The van der Waals surface area contributed by atoms with E-state index in [1.165, 1.54) is 7.11 Å². The van der Waals surface area contributed by atoms with Crippen molar-refractivity contribution in [2.24, 2.45) is 0 Å². The third-order valence-corrected chi connectivity index (χ3v) is 3.96. The highest BCUT2D eigenvalue weighted by molar-refractivity contribution is 7.80. The van der Waals surface area contributed by atoms with Gasteiger partial charge in [-0.25, -0.2) is 4.79 Å². The molecule has 1 aromatic heterocycles. The molecule has 0 bridgehead atoms. The van der Waals surface area contributed by atoms with Gasteiger partial charge < -0.3 is 21.1 Å². The number of thiocarbonyl (C=S) groups is 1. The number of nitrogens with two attached hydrogens (primary N) is 1. The van der Waals surface area contributed by atoms with Gasteiger partial charge in [-0.2, -0.15) is 4.98 Å². The van der Waals surface area contributed by atoms with Crippen LogP contribution in [0.15, 0.2) is 23.0 Å². The Morgan fingerprint density at radius 1 is 1.38 bits per heavy atom. The van der Waals surface area contributed by atoms with Gasteiger partial charge in [-0.1, -0.05) is 29.3 Å². The molecule has 12 heteroatoms. The normalized spacial score (nSPS) is 10.1. The van der Waals surface area contributed by atoms with Crippen LogP contribution >= 0.6 is 35.4 Å². The highest BCUT2D eigenvalue weighted by Crippen LogP contribution is 2.23. The second-order valence-corrected chi connectivity index (χ2v) is 6.07. The quantitative estimate of drug-likeness (QED) is 0.479. The van der Waals surface area contributed by atoms with Crippen LogP contribution in [-0.2, 0) is 11.3 Å². The summed E-state index contributed by atoms with van der Waals surface area (Å²) in [6.45, 7) is 0.276. The van der Waals surface area contributed by atoms with Crippen LogP contribution in [0.5, 0.6) is 0 Å². The van der Waals surface area contributed by atoms with Crippen LogP contribution in [0, 0.1) is 0 Å². The summed E-state index contributed by atoms with van der Waals surface area (Å²) >= 11 is 16.8. The minimum absolute atomic E-state index is 0.0272. The molecule has 0 saturated heterocycles. The Kier molecular flexibility index (Phi) is 6.61. The van der Waals surface area contributed by atoms with E-state index < -0.39 is 11.7 Å². The summed E-state index contributed by atoms with van der Waals surface area (Å²) < 4.78 is 4.43. The molecular weight excluding hydrogens is 403 g/mol. The first-order chi connectivity index (χ1) is 12.3. The largest absolute Gasteiger partial charge is 0.453 e. The Morgan fingerprint density at radius 2 is 2.12 bits per heavy atom. The van der Waals surface area contributed by atoms with Gasteiger partial charge in [-0.15, -0.1) is 0 Å². The van der Waals surface area contributed by atoms with Crippen LogP contribution in [0.25, 0.3) is 0 Å². The molecular formula is C14H14Cl2N6O3S. The summed E-state index contributed by atoms with van der Waals surface area (Å²) in [7, 11) is 1.18. The number of rotatable bonds is 4. The number of benzene rings is 1. The van der Waals surface area contributed by atoms with Crippen LogP contribution in [0.1, 0.15) is 5.56 Å².